The van der Waals surface area contributed by atoms with Gasteiger partial charge in [0.1, 0.15) is 22.1 Å². The van der Waals surface area contributed by atoms with E-state index in [4.69, 9.17) is 9.47 Å². The van der Waals surface area contributed by atoms with Crippen LogP contribution in [0, 0.1) is 5.92 Å². The van der Waals surface area contributed by atoms with Crippen LogP contribution in [0.1, 0.15) is 44.1 Å². The number of rotatable bonds is 5. The van der Waals surface area contributed by atoms with Crippen molar-refractivity contribution >= 4 is 23.3 Å². The van der Waals surface area contributed by atoms with Crippen LogP contribution in [0.2, 0.25) is 0 Å². The molecule has 1 aliphatic rings. The van der Waals surface area contributed by atoms with Gasteiger partial charge in [-0.3, -0.25) is 4.79 Å². The highest BCUT2D eigenvalue weighted by atomic mass is 32.1. The molecule has 30 heavy (non-hydrogen) atoms. The summed E-state index contributed by atoms with van der Waals surface area (Å²) in [7, 11) is 1.63. The third-order valence-electron chi connectivity index (χ3n) is 4.90. The van der Waals surface area contributed by atoms with E-state index in [0.29, 0.717) is 31.2 Å². The smallest absolute Gasteiger partial charge is 0.407 e. The average molecular weight is 432 g/mol. The average Bonchev–Trinajstić information content (AvgIpc) is 3.21. The predicted octanol–water partition coefficient (Wildman–Crippen LogP) is 4.20. The predicted molar refractivity (Wildman–Crippen MR) is 117 cm³/mol. The van der Waals surface area contributed by atoms with Crippen molar-refractivity contribution in [1.82, 2.24) is 15.2 Å². The Balaban J connectivity index is 1.52. The van der Waals surface area contributed by atoms with E-state index < -0.39 is 11.7 Å². The molecule has 1 fully saturated rings. The normalized spacial score (nSPS) is 15.0. The van der Waals surface area contributed by atoms with E-state index in [9.17, 15) is 9.59 Å². The van der Waals surface area contributed by atoms with Gasteiger partial charge in [-0.05, 0) is 51.7 Å². The van der Waals surface area contributed by atoms with Crippen LogP contribution >= 0.6 is 11.3 Å². The van der Waals surface area contributed by atoms with Gasteiger partial charge in [-0.1, -0.05) is 12.1 Å². The maximum atomic E-state index is 12.9. The lowest BCUT2D eigenvalue weighted by atomic mass is 9.96. The van der Waals surface area contributed by atoms with Gasteiger partial charge in [-0.25, -0.2) is 9.78 Å². The summed E-state index contributed by atoms with van der Waals surface area (Å²) in [6, 6.07) is 7.66. The lowest BCUT2D eigenvalue weighted by molar-refractivity contribution is 0.0500. The Hall–Kier alpha value is -2.61. The Morgan fingerprint density at radius 2 is 1.93 bits per heavy atom. The second kappa shape index (κ2) is 9.47. The molecule has 3 rings (SSSR count). The number of benzene rings is 1. The number of nitrogens with zero attached hydrogens (tertiary/aromatic N) is 2. The topological polar surface area (TPSA) is 80.8 Å². The molecule has 1 aromatic heterocycles. The fourth-order valence-corrected chi connectivity index (χ4v) is 4.18. The Morgan fingerprint density at radius 3 is 2.60 bits per heavy atom. The molecule has 0 unspecified atom stereocenters. The van der Waals surface area contributed by atoms with Crippen molar-refractivity contribution in [1.29, 1.82) is 0 Å². The van der Waals surface area contributed by atoms with Gasteiger partial charge < -0.3 is 19.7 Å². The van der Waals surface area contributed by atoms with E-state index in [1.165, 1.54) is 11.3 Å². The third-order valence-corrected chi connectivity index (χ3v) is 5.77. The summed E-state index contributed by atoms with van der Waals surface area (Å²) in [5.41, 5.74) is 0.845. The first-order valence-corrected chi connectivity index (χ1v) is 11.0. The van der Waals surface area contributed by atoms with E-state index in [2.05, 4.69) is 10.3 Å². The Morgan fingerprint density at radius 1 is 1.23 bits per heavy atom. The number of methoxy groups -OCH3 is 1. The number of likely N-dealkylation sites (tertiary alicyclic amines) is 1. The van der Waals surface area contributed by atoms with Gasteiger partial charge in [-0.2, -0.15) is 0 Å². The van der Waals surface area contributed by atoms with E-state index in [1.807, 2.05) is 49.9 Å². The number of aromatic nitrogens is 1. The zero-order valence-corrected chi connectivity index (χ0v) is 18.8. The molecule has 0 saturated carbocycles. The van der Waals surface area contributed by atoms with E-state index >= 15 is 0 Å². The molecule has 8 heteroatoms. The number of nitrogens with one attached hydrogen (secondary N) is 1. The Labute approximate surface area is 181 Å². The third kappa shape index (κ3) is 5.72. The number of piperidine rings is 1. The van der Waals surface area contributed by atoms with Crippen LogP contribution in [0.25, 0.3) is 10.6 Å². The molecule has 1 aromatic carbocycles. The Bertz CT molecular complexity index is 883. The van der Waals surface area contributed by atoms with Crippen molar-refractivity contribution < 1.29 is 19.1 Å². The molecule has 7 nitrogen and oxygen atoms in total. The minimum atomic E-state index is -0.504. The largest absolute Gasteiger partial charge is 0.496 e. The van der Waals surface area contributed by atoms with Crippen molar-refractivity contribution in [3.63, 3.8) is 0 Å². The summed E-state index contributed by atoms with van der Waals surface area (Å²) >= 11 is 1.44. The summed E-state index contributed by atoms with van der Waals surface area (Å²) in [6.45, 7) is 7.39. The maximum absolute atomic E-state index is 12.9. The summed E-state index contributed by atoms with van der Waals surface area (Å²) < 4.78 is 10.7. The fourth-order valence-electron chi connectivity index (χ4n) is 3.36. The number of ether oxygens (including phenoxy) is 2. The number of para-hydroxylation sites is 1. The van der Waals surface area contributed by atoms with Gasteiger partial charge >= 0.3 is 6.09 Å². The zero-order valence-electron chi connectivity index (χ0n) is 17.9. The summed E-state index contributed by atoms with van der Waals surface area (Å²) in [5.74, 6) is 1.02. The first-order chi connectivity index (χ1) is 14.3. The molecule has 1 N–H and O–H groups in total. The lowest BCUT2D eigenvalue weighted by Gasteiger charge is -2.31. The maximum Gasteiger partial charge on any atom is 0.407 e. The fraction of sp³-hybridized carbons (Fsp3) is 0.500. The monoisotopic (exact) mass is 431 g/mol. The number of carbonyl (C=O) groups excluding carboxylic acids is 2. The van der Waals surface area contributed by atoms with E-state index in [-0.39, 0.29) is 5.91 Å². The van der Waals surface area contributed by atoms with Crippen LogP contribution < -0.4 is 10.1 Å². The first-order valence-electron chi connectivity index (χ1n) is 10.1. The van der Waals surface area contributed by atoms with E-state index in [0.717, 1.165) is 29.2 Å². The van der Waals surface area contributed by atoms with Crippen molar-refractivity contribution in [2.24, 2.45) is 5.92 Å². The molecule has 2 heterocycles. The summed E-state index contributed by atoms with van der Waals surface area (Å²) in [6.07, 6.45) is 1.28. The van der Waals surface area contributed by atoms with Gasteiger partial charge in [0.2, 0.25) is 0 Å². The standard InChI is InChI=1S/C22H29N3O4S/c1-22(2,3)29-21(27)23-13-15-9-11-25(12-10-15)20(26)17-14-30-19(24-17)16-7-5-6-8-18(16)28-4/h5-8,14-15H,9-13H2,1-4H3,(H,23,27). The van der Waals surface area contributed by atoms with Crippen LogP contribution in [0.3, 0.4) is 0 Å². The second-order valence-electron chi connectivity index (χ2n) is 8.36. The molecule has 1 aliphatic heterocycles. The van der Waals surface area contributed by atoms with Crippen molar-refractivity contribution in [3.05, 3.63) is 35.3 Å². The molecular weight excluding hydrogens is 402 g/mol. The highest BCUT2D eigenvalue weighted by Gasteiger charge is 2.26. The minimum Gasteiger partial charge on any atom is -0.496 e. The number of hydrogen-bond acceptors (Lipinski definition) is 6. The molecule has 2 aromatic rings. The summed E-state index contributed by atoms with van der Waals surface area (Å²) in [4.78, 5) is 31.1. The highest BCUT2D eigenvalue weighted by molar-refractivity contribution is 7.13. The van der Waals surface area contributed by atoms with Gasteiger partial charge in [0.15, 0.2) is 0 Å². The minimum absolute atomic E-state index is 0.0500. The number of amides is 2. The SMILES string of the molecule is COc1ccccc1-c1nc(C(=O)N2CCC(CNC(=O)OC(C)(C)C)CC2)cs1. The van der Waals surface area contributed by atoms with Gasteiger partial charge in [-0.15, -0.1) is 11.3 Å². The number of thiazole rings is 1. The quantitative estimate of drug-likeness (QED) is 0.768. The molecular formula is C22H29N3O4S. The van der Waals surface area contributed by atoms with Crippen LogP contribution in [-0.4, -0.2) is 54.2 Å². The number of hydrogen-bond donors (Lipinski definition) is 1. The number of carbonyl (C=O) groups is 2. The van der Waals surface area contributed by atoms with Crippen LogP contribution in [0.5, 0.6) is 5.75 Å². The summed E-state index contributed by atoms with van der Waals surface area (Å²) in [5, 5.41) is 5.41. The van der Waals surface area contributed by atoms with Gasteiger partial charge in [0, 0.05) is 25.0 Å². The Kier molecular flexibility index (Phi) is 6.97. The van der Waals surface area contributed by atoms with Crippen LogP contribution in [0.15, 0.2) is 29.6 Å². The van der Waals surface area contributed by atoms with Crippen LogP contribution in [-0.2, 0) is 4.74 Å². The molecule has 0 bridgehead atoms. The zero-order chi connectivity index (χ0) is 21.7. The first kappa shape index (κ1) is 22.1. The highest BCUT2D eigenvalue weighted by Crippen LogP contribution is 2.32. The van der Waals surface area contributed by atoms with Crippen molar-refractivity contribution in [2.75, 3.05) is 26.7 Å². The van der Waals surface area contributed by atoms with Crippen molar-refractivity contribution in [2.45, 2.75) is 39.2 Å². The molecule has 0 spiro atoms. The second-order valence-corrected chi connectivity index (χ2v) is 9.21. The van der Waals surface area contributed by atoms with E-state index in [1.54, 1.807) is 12.5 Å². The molecule has 162 valence electrons. The van der Waals surface area contributed by atoms with Crippen molar-refractivity contribution in [3.8, 4) is 16.3 Å². The lowest BCUT2D eigenvalue weighted by Crippen LogP contribution is -2.42. The molecule has 1 saturated heterocycles. The molecule has 2 amide bonds. The van der Waals surface area contributed by atoms with Gasteiger partial charge in [0.25, 0.3) is 5.91 Å². The molecule has 0 aliphatic carbocycles. The van der Waals surface area contributed by atoms with Gasteiger partial charge in [0.05, 0.1) is 12.7 Å². The number of alkyl carbamates (subject to hydrolysis) is 1. The van der Waals surface area contributed by atoms with Crippen LogP contribution in [0.4, 0.5) is 4.79 Å². The molecule has 0 radical (unpaired) electrons. The molecule has 0 atom stereocenters.